The predicted molar refractivity (Wildman–Crippen MR) is 75.9 cm³/mol. The molecule has 1 N–H and O–H groups in total. The number of hydrogen-bond donors (Lipinski definition) is 1. The lowest BCUT2D eigenvalue weighted by Crippen LogP contribution is -2.22. The smallest absolute Gasteiger partial charge is 0.154 e. The minimum Gasteiger partial charge on any atom is -0.388 e. The summed E-state index contributed by atoms with van der Waals surface area (Å²) in [6.07, 6.45) is 0.0907. The number of hydrogen-bond acceptors (Lipinski definition) is 4. The molecule has 0 aliphatic rings. The molecule has 0 aliphatic heterocycles. The van der Waals surface area contributed by atoms with Crippen molar-refractivity contribution in [3.8, 4) is 0 Å². The predicted octanol–water partition coefficient (Wildman–Crippen LogP) is 1.77. The summed E-state index contributed by atoms with van der Waals surface area (Å²) in [7, 11) is -3.07. The molecule has 0 bridgehead atoms. The molecule has 110 valence electrons. The average Bonchev–Trinajstić information content (AvgIpc) is 2.61. The minimum absolute atomic E-state index is 0.0777. The van der Waals surface area contributed by atoms with E-state index in [1.54, 1.807) is 18.5 Å². The lowest BCUT2D eigenvalue weighted by Gasteiger charge is -2.10. The highest BCUT2D eigenvalue weighted by molar-refractivity contribution is 7.91. The van der Waals surface area contributed by atoms with Crippen molar-refractivity contribution in [1.29, 1.82) is 0 Å². The van der Waals surface area contributed by atoms with Crippen molar-refractivity contribution in [3.05, 3.63) is 17.0 Å². The van der Waals surface area contributed by atoms with Gasteiger partial charge in [0.2, 0.25) is 0 Å². The highest BCUT2D eigenvalue weighted by Gasteiger charge is 2.20. The Kier molecular flexibility index (Phi) is 5.15. The van der Waals surface area contributed by atoms with Crippen LogP contribution < -0.4 is 0 Å². The van der Waals surface area contributed by atoms with E-state index >= 15 is 0 Å². The van der Waals surface area contributed by atoms with Gasteiger partial charge in [0.1, 0.15) is 0 Å². The second kappa shape index (κ2) is 6.05. The molecule has 0 spiro atoms. The summed E-state index contributed by atoms with van der Waals surface area (Å²) < 4.78 is 25.3. The third-order valence-corrected chi connectivity index (χ3v) is 5.65. The molecule has 1 unspecified atom stereocenters. The van der Waals surface area contributed by atoms with Crippen LogP contribution in [0.1, 0.15) is 50.2 Å². The van der Waals surface area contributed by atoms with Crippen LogP contribution in [0.15, 0.2) is 0 Å². The molecule has 0 saturated heterocycles. The van der Waals surface area contributed by atoms with Gasteiger partial charge < -0.3 is 5.11 Å². The zero-order valence-electron chi connectivity index (χ0n) is 12.3. The molecular weight excluding hydrogens is 264 g/mol. The number of nitrogens with zero attached hydrogens (tertiary/aromatic N) is 2. The second-order valence-corrected chi connectivity index (χ2v) is 7.82. The molecule has 1 heterocycles. The lowest BCUT2D eigenvalue weighted by molar-refractivity contribution is 0.172. The normalized spacial score (nSPS) is 14.1. The van der Waals surface area contributed by atoms with Gasteiger partial charge in [-0.2, -0.15) is 5.10 Å². The Balaban J connectivity index is 2.93. The Morgan fingerprint density at radius 2 is 1.89 bits per heavy atom. The summed E-state index contributed by atoms with van der Waals surface area (Å²) >= 11 is 0. The minimum atomic E-state index is -3.07. The zero-order chi connectivity index (χ0) is 14.8. The van der Waals surface area contributed by atoms with E-state index in [2.05, 4.69) is 5.10 Å². The summed E-state index contributed by atoms with van der Waals surface area (Å²) in [5.74, 6) is 0.0777. The van der Waals surface area contributed by atoms with E-state index in [1.807, 2.05) is 20.8 Å². The lowest BCUT2D eigenvalue weighted by atomic mass is 10.1. The third kappa shape index (κ3) is 3.57. The summed E-state index contributed by atoms with van der Waals surface area (Å²) in [5.41, 5.74) is 2.45. The average molecular weight is 288 g/mol. The van der Waals surface area contributed by atoms with Crippen molar-refractivity contribution in [1.82, 2.24) is 9.78 Å². The monoisotopic (exact) mass is 288 g/mol. The van der Waals surface area contributed by atoms with Crippen LogP contribution in [-0.4, -0.2) is 34.3 Å². The van der Waals surface area contributed by atoms with Gasteiger partial charge in [-0.25, -0.2) is 8.42 Å². The van der Waals surface area contributed by atoms with Crippen LogP contribution >= 0.6 is 0 Å². The Labute approximate surface area is 115 Å². The SMILES string of the molecule is CCC(O)c1c(C)nn(CCS(=O)(=O)C(C)C)c1C. The molecule has 1 atom stereocenters. The molecule has 0 fully saturated rings. The van der Waals surface area contributed by atoms with E-state index < -0.39 is 15.9 Å². The maximum atomic E-state index is 11.8. The highest BCUT2D eigenvalue weighted by atomic mass is 32.2. The van der Waals surface area contributed by atoms with E-state index in [1.165, 1.54) is 0 Å². The molecule has 19 heavy (non-hydrogen) atoms. The topological polar surface area (TPSA) is 72.2 Å². The van der Waals surface area contributed by atoms with E-state index in [0.29, 0.717) is 13.0 Å². The number of rotatable bonds is 6. The quantitative estimate of drug-likeness (QED) is 0.866. The van der Waals surface area contributed by atoms with Gasteiger partial charge in [0.15, 0.2) is 9.84 Å². The van der Waals surface area contributed by atoms with Crippen molar-refractivity contribution in [2.24, 2.45) is 0 Å². The first kappa shape index (κ1) is 16.2. The maximum absolute atomic E-state index is 11.8. The van der Waals surface area contributed by atoms with Crippen LogP contribution in [0.4, 0.5) is 0 Å². The molecule has 1 aromatic heterocycles. The van der Waals surface area contributed by atoms with E-state index in [9.17, 15) is 13.5 Å². The number of aliphatic hydroxyl groups is 1. The summed E-state index contributed by atoms with van der Waals surface area (Å²) in [6.45, 7) is 9.32. The van der Waals surface area contributed by atoms with Gasteiger partial charge in [0.25, 0.3) is 0 Å². The molecule has 6 heteroatoms. The van der Waals surface area contributed by atoms with Crippen molar-refractivity contribution in [2.45, 2.75) is 58.9 Å². The van der Waals surface area contributed by atoms with Crippen LogP contribution in [0.25, 0.3) is 0 Å². The summed E-state index contributed by atoms with van der Waals surface area (Å²) in [6, 6.07) is 0. The molecule has 5 nitrogen and oxygen atoms in total. The van der Waals surface area contributed by atoms with Gasteiger partial charge in [-0.05, 0) is 34.1 Å². The Bertz CT molecular complexity index is 532. The van der Waals surface area contributed by atoms with Crippen LogP contribution in [-0.2, 0) is 16.4 Å². The first-order valence-corrected chi connectivity index (χ1v) is 8.35. The van der Waals surface area contributed by atoms with Crippen molar-refractivity contribution in [2.75, 3.05) is 5.75 Å². The Morgan fingerprint density at radius 1 is 1.32 bits per heavy atom. The fourth-order valence-corrected chi connectivity index (χ4v) is 2.96. The maximum Gasteiger partial charge on any atom is 0.154 e. The van der Waals surface area contributed by atoms with Gasteiger partial charge in [-0.1, -0.05) is 6.92 Å². The van der Waals surface area contributed by atoms with Gasteiger partial charge in [-0.15, -0.1) is 0 Å². The summed E-state index contributed by atoms with van der Waals surface area (Å²) in [4.78, 5) is 0. The second-order valence-electron chi connectivity index (χ2n) is 5.15. The Hall–Kier alpha value is -0.880. The van der Waals surface area contributed by atoms with Gasteiger partial charge >= 0.3 is 0 Å². The van der Waals surface area contributed by atoms with Crippen LogP contribution in [0.5, 0.6) is 0 Å². The Morgan fingerprint density at radius 3 is 2.37 bits per heavy atom. The molecule has 0 aromatic carbocycles. The first-order chi connectivity index (χ1) is 8.70. The summed E-state index contributed by atoms with van der Waals surface area (Å²) in [5, 5.41) is 13.9. The van der Waals surface area contributed by atoms with Gasteiger partial charge in [0.05, 0.1) is 29.3 Å². The zero-order valence-corrected chi connectivity index (χ0v) is 13.2. The third-order valence-electron chi connectivity index (χ3n) is 3.46. The fourth-order valence-electron chi connectivity index (χ4n) is 2.06. The molecule has 0 radical (unpaired) electrons. The molecule has 0 aliphatic carbocycles. The van der Waals surface area contributed by atoms with Crippen LogP contribution in [0, 0.1) is 13.8 Å². The largest absolute Gasteiger partial charge is 0.388 e. The molecular formula is C13H24N2O3S. The van der Waals surface area contributed by atoms with E-state index in [0.717, 1.165) is 17.0 Å². The number of aromatic nitrogens is 2. The van der Waals surface area contributed by atoms with Crippen LogP contribution in [0.3, 0.4) is 0 Å². The molecule has 0 amide bonds. The van der Waals surface area contributed by atoms with Crippen LogP contribution in [0.2, 0.25) is 0 Å². The van der Waals surface area contributed by atoms with Crippen molar-refractivity contribution >= 4 is 9.84 Å². The first-order valence-electron chi connectivity index (χ1n) is 6.64. The van der Waals surface area contributed by atoms with Gasteiger partial charge in [-0.3, -0.25) is 4.68 Å². The fraction of sp³-hybridized carbons (Fsp3) is 0.769. The number of sulfone groups is 1. The number of aryl methyl sites for hydroxylation is 2. The highest BCUT2D eigenvalue weighted by Crippen LogP contribution is 2.23. The van der Waals surface area contributed by atoms with Gasteiger partial charge in [0, 0.05) is 11.3 Å². The molecule has 1 aromatic rings. The van der Waals surface area contributed by atoms with Crippen molar-refractivity contribution in [3.63, 3.8) is 0 Å². The molecule has 1 rings (SSSR count). The van der Waals surface area contributed by atoms with E-state index in [4.69, 9.17) is 0 Å². The van der Waals surface area contributed by atoms with E-state index in [-0.39, 0.29) is 11.0 Å². The standard InChI is InChI=1S/C13H24N2O3S/c1-6-12(16)13-10(4)14-15(11(13)5)7-8-19(17,18)9(2)3/h9,12,16H,6-8H2,1-5H3. The number of aliphatic hydroxyl groups excluding tert-OH is 1. The molecule has 0 saturated carbocycles. The van der Waals surface area contributed by atoms with Crippen molar-refractivity contribution < 1.29 is 13.5 Å².